The first-order chi connectivity index (χ1) is 12.5. The molecule has 2 N–H and O–H groups in total. The number of likely N-dealkylation sites (N-methyl/N-ethyl adjacent to an activating group) is 1. The second kappa shape index (κ2) is 7.53. The van der Waals surface area contributed by atoms with Crippen molar-refractivity contribution in [3.63, 3.8) is 0 Å². The minimum Gasteiger partial charge on any atom is -0.344 e. The summed E-state index contributed by atoms with van der Waals surface area (Å²) in [5.74, 6) is -1.98. The van der Waals surface area contributed by atoms with E-state index in [1.54, 1.807) is 47.6 Å². The Morgan fingerprint density at radius 2 is 1.92 bits per heavy atom. The molecule has 0 bridgehead atoms. The van der Waals surface area contributed by atoms with Crippen LogP contribution in [0, 0.1) is 0 Å². The van der Waals surface area contributed by atoms with E-state index in [2.05, 4.69) is 15.6 Å². The molecule has 2 heterocycles. The van der Waals surface area contributed by atoms with Crippen molar-refractivity contribution in [1.82, 2.24) is 15.6 Å². The number of anilines is 1. The Hall–Kier alpha value is -2.93. The normalized spacial score (nSPS) is 15.5. The topological polar surface area (TPSA) is 91.4 Å². The highest BCUT2D eigenvalue weighted by molar-refractivity contribution is 6.35. The van der Waals surface area contributed by atoms with Gasteiger partial charge in [-0.2, -0.15) is 0 Å². The van der Waals surface area contributed by atoms with Gasteiger partial charge in [0.1, 0.15) is 6.04 Å². The average molecular weight is 373 g/mol. The lowest BCUT2D eigenvalue weighted by Crippen LogP contribution is -2.44. The maximum Gasteiger partial charge on any atom is 0.310 e. The maximum atomic E-state index is 12.6. The molecule has 0 fully saturated rings. The smallest absolute Gasteiger partial charge is 0.310 e. The number of hydrogen-bond donors (Lipinski definition) is 2. The van der Waals surface area contributed by atoms with Crippen LogP contribution in [-0.4, -0.2) is 29.3 Å². The summed E-state index contributed by atoms with van der Waals surface area (Å²) in [6.45, 7) is 2.48. The second-order valence-corrected chi connectivity index (χ2v) is 6.17. The summed E-state index contributed by atoms with van der Waals surface area (Å²) < 4.78 is 0. The molecule has 0 aliphatic carbocycles. The molecule has 8 heteroatoms. The third-order valence-electron chi connectivity index (χ3n) is 4.10. The first kappa shape index (κ1) is 17.9. The monoisotopic (exact) mass is 372 g/mol. The van der Waals surface area contributed by atoms with E-state index in [4.69, 9.17) is 11.6 Å². The van der Waals surface area contributed by atoms with Crippen molar-refractivity contribution in [2.75, 3.05) is 11.4 Å². The van der Waals surface area contributed by atoms with Crippen LogP contribution in [0.1, 0.15) is 24.1 Å². The molecule has 0 saturated carbocycles. The lowest BCUT2D eigenvalue weighted by molar-refractivity contribution is -0.140. The number of benzene rings is 1. The van der Waals surface area contributed by atoms with Gasteiger partial charge < -0.3 is 15.5 Å². The molecule has 1 aliphatic rings. The van der Waals surface area contributed by atoms with Gasteiger partial charge >= 0.3 is 11.8 Å². The maximum absolute atomic E-state index is 12.6. The average Bonchev–Trinajstić information content (AvgIpc) is 2.91. The van der Waals surface area contributed by atoms with Gasteiger partial charge in [-0.15, -0.1) is 0 Å². The van der Waals surface area contributed by atoms with E-state index >= 15 is 0 Å². The predicted molar refractivity (Wildman–Crippen MR) is 96.4 cm³/mol. The fourth-order valence-electron chi connectivity index (χ4n) is 2.84. The molecule has 134 valence electrons. The van der Waals surface area contributed by atoms with Gasteiger partial charge in [-0.3, -0.25) is 19.4 Å². The molecule has 0 saturated heterocycles. The van der Waals surface area contributed by atoms with Gasteiger partial charge in [-0.25, -0.2) is 0 Å². The summed E-state index contributed by atoms with van der Waals surface area (Å²) in [7, 11) is 0. The largest absolute Gasteiger partial charge is 0.344 e. The summed E-state index contributed by atoms with van der Waals surface area (Å²) in [5, 5.41) is 5.47. The van der Waals surface area contributed by atoms with Crippen LogP contribution in [0.5, 0.6) is 0 Å². The molecule has 1 aliphatic heterocycles. The summed E-state index contributed by atoms with van der Waals surface area (Å²) >= 11 is 6.02. The van der Waals surface area contributed by atoms with E-state index in [-0.39, 0.29) is 12.5 Å². The number of carbonyl (C=O) groups is 3. The molecule has 1 atom stereocenters. The summed E-state index contributed by atoms with van der Waals surface area (Å²) in [4.78, 5) is 42.3. The second-order valence-electron chi connectivity index (χ2n) is 5.73. The Labute approximate surface area is 155 Å². The van der Waals surface area contributed by atoms with Crippen molar-refractivity contribution in [3.05, 3.63) is 58.9 Å². The number of nitrogens with one attached hydrogen (secondary N) is 2. The van der Waals surface area contributed by atoms with E-state index in [0.717, 1.165) is 5.56 Å². The van der Waals surface area contributed by atoms with Crippen LogP contribution in [0.2, 0.25) is 5.02 Å². The first-order valence-corrected chi connectivity index (χ1v) is 8.47. The van der Waals surface area contributed by atoms with Gasteiger partial charge in [0.25, 0.3) is 5.91 Å². The van der Waals surface area contributed by atoms with Crippen molar-refractivity contribution in [2.45, 2.75) is 19.5 Å². The van der Waals surface area contributed by atoms with Crippen molar-refractivity contribution in [3.8, 4) is 0 Å². The zero-order valence-corrected chi connectivity index (χ0v) is 14.8. The highest BCUT2D eigenvalue weighted by Crippen LogP contribution is 2.37. The molecule has 26 heavy (non-hydrogen) atoms. The van der Waals surface area contributed by atoms with Crippen LogP contribution < -0.4 is 15.5 Å². The van der Waals surface area contributed by atoms with Gasteiger partial charge in [0.05, 0.1) is 0 Å². The molecule has 3 rings (SSSR count). The van der Waals surface area contributed by atoms with Crippen molar-refractivity contribution < 1.29 is 14.4 Å². The lowest BCUT2D eigenvalue weighted by Gasteiger charge is -2.15. The van der Waals surface area contributed by atoms with Crippen molar-refractivity contribution >= 4 is 35.0 Å². The Bertz CT molecular complexity index is 857. The van der Waals surface area contributed by atoms with E-state index in [9.17, 15) is 14.4 Å². The molecule has 7 nitrogen and oxygen atoms in total. The molecule has 0 radical (unpaired) electrons. The summed E-state index contributed by atoms with van der Waals surface area (Å²) in [6.07, 6.45) is 3.19. The van der Waals surface area contributed by atoms with Gasteiger partial charge in [-0.05, 0) is 42.8 Å². The van der Waals surface area contributed by atoms with Crippen LogP contribution in [-0.2, 0) is 20.9 Å². The molecule has 0 unspecified atom stereocenters. The molecule has 1 aromatic carbocycles. The minimum atomic E-state index is -0.928. The number of fused-ring (bicyclic) bond motifs is 1. The number of amides is 3. The number of aromatic nitrogens is 1. The molecule has 0 spiro atoms. The number of halogens is 1. The Balaban J connectivity index is 1.70. The number of pyridine rings is 1. The Kier molecular flexibility index (Phi) is 5.18. The Morgan fingerprint density at radius 1 is 1.19 bits per heavy atom. The third-order valence-corrected chi connectivity index (χ3v) is 4.34. The standard InChI is InChI=1S/C18H17ClN4O3/c1-2-23-14-4-3-12(19)9-13(14)15(18(23)26)22-17(25)16(24)21-10-11-5-7-20-8-6-11/h3-9,15H,2,10H2,1H3,(H,21,24)(H,22,25)/t15-/m1/s1. The van der Waals surface area contributed by atoms with Crippen LogP contribution in [0.4, 0.5) is 5.69 Å². The van der Waals surface area contributed by atoms with Crippen LogP contribution in [0.25, 0.3) is 0 Å². The van der Waals surface area contributed by atoms with E-state index in [1.165, 1.54) is 0 Å². The summed E-state index contributed by atoms with van der Waals surface area (Å²) in [6, 6.07) is 7.58. The zero-order chi connectivity index (χ0) is 18.7. The summed E-state index contributed by atoms with van der Waals surface area (Å²) in [5.41, 5.74) is 2.08. The lowest BCUT2D eigenvalue weighted by atomic mass is 10.1. The molecular weight excluding hydrogens is 356 g/mol. The predicted octanol–water partition coefficient (Wildman–Crippen LogP) is 1.58. The Morgan fingerprint density at radius 3 is 2.62 bits per heavy atom. The number of hydrogen-bond acceptors (Lipinski definition) is 4. The van der Waals surface area contributed by atoms with Crippen LogP contribution in [0.15, 0.2) is 42.7 Å². The highest BCUT2D eigenvalue weighted by atomic mass is 35.5. The van der Waals surface area contributed by atoms with Gasteiger partial charge in [0, 0.05) is 41.8 Å². The van der Waals surface area contributed by atoms with Crippen LogP contribution in [0.3, 0.4) is 0 Å². The fourth-order valence-corrected chi connectivity index (χ4v) is 3.02. The van der Waals surface area contributed by atoms with Crippen molar-refractivity contribution in [1.29, 1.82) is 0 Å². The highest BCUT2D eigenvalue weighted by Gasteiger charge is 2.38. The molecule has 3 amide bonds. The molecule has 2 aromatic rings. The minimum absolute atomic E-state index is 0.191. The first-order valence-electron chi connectivity index (χ1n) is 8.09. The quantitative estimate of drug-likeness (QED) is 0.797. The van der Waals surface area contributed by atoms with E-state index in [1.807, 2.05) is 6.92 Å². The third kappa shape index (κ3) is 3.52. The SMILES string of the molecule is CCN1C(=O)[C@H](NC(=O)C(=O)NCc2ccncc2)c2cc(Cl)ccc21. The number of nitrogens with zero attached hydrogens (tertiary/aromatic N) is 2. The van der Waals surface area contributed by atoms with E-state index < -0.39 is 17.9 Å². The van der Waals surface area contributed by atoms with Gasteiger partial charge in [-0.1, -0.05) is 11.6 Å². The zero-order valence-electron chi connectivity index (χ0n) is 14.0. The number of rotatable bonds is 4. The van der Waals surface area contributed by atoms with Gasteiger partial charge in [0.15, 0.2) is 0 Å². The van der Waals surface area contributed by atoms with Crippen molar-refractivity contribution in [2.24, 2.45) is 0 Å². The molecule has 1 aromatic heterocycles. The van der Waals surface area contributed by atoms with Gasteiger partial charge in [0.2, 0.25) is 0 Å². The molecular formula is C18H17ClN4O3. The number of carbonyl (C=O) groups excluding carboxylic acids is 3. The van der Waals surface area contributed by atoms with E-state index in [0.29, 0.717) is 22.8 Å². The fraction of sp³-hybridized carbons (Fsp3) is 0.222. The van der Waals surface area contributed by atoms with Crippen LogP contribution >= 0.6 is 11.6 Å².